The average molecular weight is 381 g/mol. The number of carboxylic acid groups (broad SMARTS) is 1. The van der Waals surface area contributed by atoms with Crippen molar-refractivity contribution in [1.29, 1.82) is 0 Å². The highest BCUT2D eigenvalue weighted by Gasteiger charge is 2.27. The summed E-state index contributed by atoms with van der Waals surface area (Å²) in [5.41, 5.74) is -2.01. The number of benzene rings is 1. The number of aliphatic hydroxyl groups is 1. The topological polar surface area (TPSA) is 86.0 Å². The molecule has 1 aromatic heterocycles. The molecule has 2 N–H and O–H groups in total. The van der Waals surface area contributed by atoms with E-state index in [2.05, 4.69) is 0 Å². The van der Waals surface area contributed by atoms with E-state index in [4.69, 9.17) is 0 Å². The zero-order valence-electron chi connectivity index (χ0n) is 15.1. The van der Waals surface area contributed by atoms with E-state index in [-0.39, 0.29) is 16.6 Å². The van der Waals surface area contributed by atoms with Gasteiger partial charge in [-0.25, -0.2) is 13.6 Å². The molecule has 1 aromatic carbocycles. The Labute approximate surface area is 154 Å². The number of piperazine rings is 1. The van der Waals surface area contributed by atoms with Gasteiger partial charge in [0.15, 0.2) is 5.82 Å². The molecule has 1 saturated heterocycles. The van der Waals surface area contributed by atoms with E-state index in [9.17, 15) is 24.2 Å². The highest BCUT2D eigenvalue weighted by Crippen LogP contribution is 2.31. The number of pyridine rings is 1. The van der Waals surface area contributed by atoms with Gasteiger partial charge in [0.2, 0.25) is 5.43 Å². The van der Waals surface area contributed by atoms with Crippen molar-refractivity contribution in [3.8, 4) is 0 Å². The van der Waals surface area contributed by atoms with E-state index in [0.29, 0.717) is 26.2 Å². The molecule has 0 saturated carbocycles. The van der Waals surface area contributed by atoms with Gasteiger partial charge < -0.3 is 24.6 Å². The normalized spacial score (nSPS) is 16.7. The van der Waals surface area contributed by atoms with Gasteiger partial charge in [0.25, 0.3) is 0 Å². The maximum absolute atomic E-state index is 15.4. The number of aromatic nitrogens is 1. The van der Waals surface area contributed by atoms with E-state index >= 15 is 4.39 Å². The molecular weight excluding hydrogens is 360 g/mol. The minimum atomic E-state index is -1.50. The van der Waals surface area contributed by atoms with Crippen LogP contribution >= 0.6 is 0 Å². The summed E-state index contributed by atoms with van der Waals surface area (Å²) in [4.78, 5) is 27.4. The summed E-state index contributed by atoms with van der Waals surface area (Å²) < 4.78 is 31.3. The summed E-state index contributed by atoms with van der Waals surface area (Å²) in [6, 6.07) is 0.188. The summed E-state index contributed by atoms with van der Waals surface area (Å²) in [6.07, 6.45) is 1.00. The van der Waals surface area contributed by atoms with Crippen molar-refractivity contribution in [1.82, 2.24) is 9.47 Å². The number of hydrogen-bond acceptors (Lipinski definition) is 5. The van der Waals surface area contributed by atoms with Crippen LogP contribution in [0.5, 0.6) is 0 Å². The summed E-state index contributed by atoms with van der Waals surface area (Å²) in [7, 11) is 1.92. The first-order chi connectivity index (χ1) is 12.8. The third-order valence-electron chi connectivity index (χ3n) is 4.97. The van der Waals surface area contributed by atoms with Gasteiger partial charge in [-0.05, 0) is 20.0 Å². The molecule has 0 amide bonds. The molecule has 146 valence electrons. The summed E-state index contributed by atoms with van der Waals surface area (Å²) in [5.74, 6) is -3.33. The molecule has 0 aliphatic carbocycles. The second kappa shape index (κ2) is 7.24. The van der Waals surface area contributed by atoms with Crippen molar-refractivity contribution in [3.05, 3.63) is 39.7 Å². The van der Waals surface area contributed by atoms with Crippen LogP contribution in [-0.2, 0) is 0 Å². The first kappa shape index (κ1) is 19.2. The van der Waals surface area contributed by atoms with Crippen molar-refractivity contribution in [3.63, 3.8) is 0 Å². The number of anilines is 1. The Morgan fingerprint density at radius 3 is 2.44 bits per heavy atom. The molecular formula is C18H21F2N3O4. The van der Waals surface area contributed by atoms with Gasteiger partial charge in [0.1, 0.15) is 17.1 Å². The van der Waals surface area contributed by atoms with Gasteiger partial charge in [-0.2, -0.15) is 0 Å². The summed E-state index contributed by atoms with van der Waals surface area (Å²) in [6.45, 7) is 3.25. The molecule has 1 fully saturated rings. The number of aliphatic hydroxyl groups excluding tert-OH is 1. The van der Waals surface area contributed by atoms with E-state index in [1.165, 1.54) is 4.57 Å². The molecule has 27 heavy (non-hydrogen) atoms. The zero-order valence-corrected chi connectivity index (χ0v) is 15.1. The predicted molar refractivity (Wildman–Crippen MR) is 96.6 cm³/mol. The lowest BCUT2D eigenvalue weighted by atomic mass is 10.1. The van der Waals surface area contributed by atoms with Crippen LogP contribution in [0.4, 0.5) is 14.5 Å². The van der Waals surface area contributed by atoms with Gasteiger partial charge in [0.05, 0.1) is 23.6 Å². The lowest BCUT2D eigenvalue weighted by Crippen LogP contribution is -2.45. The van der Waals surface area contributed by atoms with Crippen LogP contribution in [0.15, 0.2) is 17.1 Å². The average Bonchev–Trinajstić information content (AvgIpc) is 2.63. The number of hydrogen-bond donors (Lipinski definition) is 2. The van der Waals surface area contributed by atoms with Crippen molar-refractivity contribution in [2.75, 3.05) is 44.7 Å². The number of fused-ring (bicyclic) bond motifs is 1. The van der Waals surface area contributed by atoms with E-state index < -0.39 is 41.2 Å². The minimum Gasteiger partial charge on any atom is -0.477 e. The standard InChI is InChI=1S/C18H21F2N3O4/c1-10(9-24)23-8-12(18(26)27)17(25)11-7-13(19)16(14(20)15(11)23)22-5-3-21(2)4-6-22/h7-8,10,24H,3-6,9H2,1-2H3,(H,26,27)/t10-/m1/s1. The smallest absolute Gasteiger partial charge is 0.341 e. The lowest BCUT2D eigenvalue weighted by Gasteiger charge is -2.34. The quantitative estimate of drug-likeness (QED) is 0.830. The molecule has 1 atom stereocenters. The highest BCUT2D eigenvalue weighted by atomic mass is 19.1. The van der Waals surface area contributed by atoms with Crippen LogP contribution in [0.1, 0.15) is 23.3 Å². The summed E-state index contributed by atoms with van der Waals surface area (Å²) in [5, 5.41) is 18.4. The predicted octanol–water partition coefficient (Wildman–Crippen LogP) is 1.28. The van der Waals surface area contributed by atoms with Gasteiger partial charge in [-0.15, -0.1) is 0 Å². The van der Waals surface area contributed by atoms with Crippen LogP contribution in [0.3, 0.4) is 0 Å². The first-order valence-corrected chi connectivity index (χ1v) is 8.60. The Hall–Kier alpha value is -2.52. The number of carbonyl (C=O) groups is 1. The third kappa shape index (κ3) is 3.28. The maximum Gasteiger partial charge on any atom is 0.341 e. The molecule has 7 nitrogen and oxygen atoms in total. The van der Waals surface area contributed by atoms with Crippen molar-refractivity contribution >= 4 is 22.6 Å². The van der Waals surface area contributed by atoms with Crippen LogP contribution in [0.25, 0.3) is 10.9 Å². The highest BCUT2D eigenvalue weighted by molar-refractivity contribution is 5.94. The van der Waals surface area contributed by atoms with Crippen LogP contribution in [-0.4, -0.2) is 65.5 Å². The Kier molecular flexibility index (Phi) is 5.16. The van der Waals surface area contributed by atoms with E-state index in [0.717, 1.165) is 12.3 Å². The Morgan fingerprint density at radius 2 is 1.89 bits per heavy atom. The number of carboxylic acids is 1. The fourth-order valence-electron chi connectivity index (χ4n) is 3.34. The van der Waals surface area contributed by atoms with E-state index in [1.54, 1.807) is 11.8 Å². The molecule has 2 aromatic rings. The third-order valence-corrected chi connectivity index (χ3v) is 4.97. The van der Waals surface area contributed by atoms with Gasteiger partial charge in [0, 0.05) is 32.4 Å². The fraction of sp³-hybridized carbons (Fsp3) is 0.444. The molecule has 0 spiro atoms. The Balaban J connectivity index is 2.32. The summed E-state index contributed by atoms with van der Waals surface area (Å²) >= 11 is 0. The van der Waals surface area contributed by atoms with Gasteiger partial charge in [-0.3, -0.25) is 4.79 Å². The second-order valence-electron chi connectivity index (χ2n) is 6.82. The molecule has 3 rings (SSSR count). The lowest BCUT2D eigenvalue weighted by molar-refractivity contribution is 0.0694. The van der Waals surface area contributed by atoms with Gasteiger partial charge in [-0.1, -0.05) is 0 Å². The van der Waals surface area contributed by atoms with Crippen LogP contribution < -0.4 is 10.3 Å². The van der Waals surface area contributed by atoms with Crippen molar-refractivity contribution in [2.45, 2.75) is 13.0 Å². The minimum absolute atomic E-state index is 0.207. The zero-order chi connectivity index (χ0) is 19.9. The molecule has 0 unspecified atom stereocenters. The Morgan fingerprint density at radius 1 is 1.26 bits per heavy atom. The number of rotatable bonds is 4. The Bertz CT molecular complexity index is 952. The fourth-order valence-corrected chi connectivity index (χ4v) is 3.34. The van der Waals surface area contributed by atoms with Crippen LogP contribution in [0.2, 0.25) is 0 Å². The number of likely N-dealkylation sites (N-methyl/N-ethyl adjacent to an activating group) is 1. The first-order valence-electron chi connectivity index (χ1n) is 8.60. The van der Waals surface area contributed by atoms with Crippen LogP contribution in [0, 0.1) is 11.6 Å². The molecule has 1 aliphatic heterocycles. The molecule has 2 heterocycles. The van der Waals surface area contributed by atoms with Crippen molar-refractivity contribution < 1.29 is 23.8 Å². The van der Waals surface area contributed by atoms with Crippen molar-refractivity contribution in [2.24, 2.45) is 0 Å². The SMILES string of the molecule is C[C@H](CO)n1cc(C(=O)O)c(=O)c2cc(F)c(N3CCN(C)CC3)c(F)c21. The number of aromatic carboxylic acids is 1. The molecule has 0 bridgehead atoms. The maximum atomic E-state index is 15.4. The molecule has 0 radical (unpaired) electrons. The monoisotopic (exact) mass is 381 g/mol. The molecule has 9 heteroatoms. The van der Waals surface area contributed by atoms with E-state index in [1.807, 2.05) is 11.9 Å². The number of nitrogens with zero attached hydrogens (tertiary/aromatic N) is 3. The second-order valence-corrected chi connectivity index (χ2v) is 6.82. The van der Waals surface area contributed by atoms with Gasteiger partial charge >= 0.3 is 5.97 Å². The molecule has 1 aliphatic rings. The largest absolute Gasteiger partial charge is 0.477 e. The number of halogens is 2.